The van der Waals surface area contributed by atoms with Crippen molar-refractivity contribution in [2.75, 3.05) is 6.54 Å². The third-order valence-corrected chi connectivity index (χ3v) is 3.15. The van der Waals surface area contributed by atoms with Gasteiger partial charge < -0.3 is 10.1 Å². The summed E-state index contributed by atoms with van der Waals surface area (Å²) in [5.41, 5.74) is 3.56. The summed E-state index contributed by atoms with van der Waals surface area (Å²) >= 11 is 0. The summed E-state index contributed by atoms with van der Waals surface area (Å²) in [6.07, 6.45) is 1.78. The average molecular weight is 256 g/mol. The highest BCUT2D eigenvalue weighted by atomic mass is 16.5. The molecule has 1 N–H and O–H groups in total. The van der Waals surface area contributed by atoms with Gasteiger partial charge in [0.15, 0.2) is 0 Å². The number of benzene rings is 1. The fourth-order valence-electron chi connectivity index (χ4n) is 1.83. The van der Waals surface area contributed by atoms with Crippen molar-refractivity contribution in [3.05, 3.63) is 53.2 Å². The van der Waals surface area contributed by atoms with E-state index in [1.54, 1.807) is 6.20 Å². The van der Waals surface area contributed by atoms with Gasteiger partial charge in [0, 0.05) is 18.8 Å². The summed E-state index contributed by atoms with van der Waals surface area (Å²) in [7, 11) is 0. The molecule has 0 unspecified atom stereocenters. The number of hydrogen-bond acceptors (Lipinski definition) is 3. The van der Waals surface area contributed by atoms with Gasteiger partial charge in [-0.2, -0.15) is 0 Å². The first kappa shape index (κ1) is 13.6. The van der Waals surface area contributed by atoms with E-state index in [9.17, 15) is 0 Å². The van der Waals surface area contributed by atoms with Crippen molar-refractivity contribution in [2.24, 2.45) is 0 Å². The molecule has 0 bridgehead atoms. The van der Waals surface area contributed by atoms with Crippen molar-refractivity contribution in [3.63, 3.8) is 0 Å². The van der Waals surface area contributed by atoms with Crippen molar-refractivity contribution in [2.45, 2.75) is 27.3 Å². The summed E-state index contributed by atoms with van der Waals surface area (Å²) in [5.74, 6) is 1.51. The lowest BCUT2D eigenvalue weighted by molar-refractivity contribution is 0.458. The Kier molecular flexibility index (Phi) is 4.53. The Morgan fingerprint density at radius 3 is 2.84 bits per heavy atom. The normalized spacial score (nSPS) is 10.5. The number of ether oxygens (including phenoxy) is 1. The fourth-order valence-corrected chi connectivity index (χ4v) is 1.83. The van der Waals surface area contributed by atoms with Gasteiger partial charge in [-0.05, 0) is 49.2 Å². The molecule has 2 aromatic rings. The van der Waals surface area contributed by atoms with E-state index >= 15 is 0 Å². The summed E-state index contributed by atoms with van der Waals surface area (Å²) in [6.45, 7) is 8.02. The number of rotatable bonds is 5. The van der Waals surface area contributed by atoms with Gasteiger partial charge in [-0.25, -0.2) is 4.98 Å². The summed E-state index contributed by atoms with van der Waals surface area (Å²) < 4.78 is 5.87. The van der Waals surface area contributed by atoms with Crippen molar-refractivity contribution >= 4 is 0 Å². The molecule has 0 amide bonds. The predicted octanol–water partition coefficient (Wildman–Crippen LogP) is 3.60. The summed E-state index contributed by atoms with van der Waals surface area (Å²) in [6, 6.07) is 10.0. The lowest BCUT2D eigenvalue weighted by Gasteiger charge is -2.10. The maximum absolute atomic E-state index is 5.87. The Bertz CT molecular complexity index is 552. The maximum Gasteiger partial charge on any atom is 0.219 e. The number of aromatic nitrogens is 1. The van der Waals surface area contributed by atoms with E-state index in [0.29, 0.717) is 5.88 Å². The van der Waals surface area contributed by atoms with Crippen molar-refractivity contribution in [1.82, 2.24) is 10.3 Å². The largest absolute Gasteiger partial charge is 0.439 e. The van der Waals surface area contributed by atoms with Gasteiger partial charge >= 0.3 is 0 Å². The second-order valence-corrected chi connectivity index (χ2v) is 4.58. The highest BCUT2D eigenvalue weighted by Gasteiger charge is 2.04. The second kappa shape index (κ2) is 6.34. The van der Waals surface area contributed by atoms with Crippen LogP contribution in [0.3, 0.4) is 0 Å². The topological polar surface area (TPSA) is 34.2 Å². The lowest BCUT2D eigenvalue weighted by atomic mass is 10.1. The molecule has 0 fully saturated rings. The molecule has 0 atom stereocenters. The molecule has 3 nitrogen and oxygen atoms in total. The van der Waals surface area contributed by atoms with Crippen LogP contribution in [-0.4, -0.2) is 11.5 Å². The zero-order chi connectivity index (χ0) is 13.7. The van der Waals surface area contributed by atoms with Crippen LogP contribution in [0.5, 0.6) is 11.6 Å². The Labute approximate surface area is 114 Å². The van der Waals surface area contributed by atoms with E-state index in [-0.39, 0.29) is 0 Å². The maximum atomic E-state index is 5.87. The van der Waals surface area contributed by atoms with Gasteiger partial charge in [-0.15, -0.1) is 0 Å². The third-order valence-electron chi connectivity index (χ3n) is 3.15. The molecule has 0 radical (unpaired) electrons. The van der Waals surface area contributed by atoms with Crippen LogP contribution in [-0.2, 0) is 6.54 Å². The number of hydrogen-bond donors (Lipinski definition) is 1. The van der Waals surface area contributed by atoms with Crippen LogP contribution in [0.25, 0.3) is 0 Å². The van der Waals surface area contributed by atoms with Crippen LogP contribution in [0, 0.1) is 13.8 Å². The Balaban J connectivity index is 2.16. The molecule has 100 valence electrons. The summed E-state index contributed by atoms with van der Waals surface area (Å²) in [4.78, 5) is 4.26. The molecule has 0 aliphatic heterocycles. The van der Waals surface area contributed by atoms with E-state index in [2.05, 4.69) is 37.1 Å². The predicted molar refractivity (Wildman–Crippen MR) is 77.6 cm³/mol. The van der Waals surface area contributed by atoms with Crippen LogP contribution < -0.4 is 10.1 Å². The molecule has 19 heavy (non-hydrogen) atoms. The standard InChI is InChI=1S/C16H20N2O/c1-4-17-11-14-8-9-18-16(10-14)19-15-7-5-6-12(2)13(15)3/h5-10,17H,4,11H2,1-3H3. The Hall–Kier alpha value is -1.87. The minimum atomic E-state index is 0.643. The number of pyridine rings is 1. The SMILES string of the molecule is CCNCc1ccnc(Oc2cccc(C)c2C)c1. The molecule has 3 heteroatoms. The molecule has 1 aromatic carbocycles. The zero-order valence-corrected chi connectivity index (χ0v) is 11.7. The van der Waals surface area contributed by atoms with Crippen LogP contribution in [0.2, 0.25) is 0 Å². The number of aryl methyl sites for hydroxylation is 1. The molecule has 1 aromatic heterocycles. The Morgan fingerprint density at radius 1 is 1.21 bits per heavy atom. The number of nitrogens with one attached hydrogen (secondary N) is 1. The molecule has 0 spiro atoms. The van der Waals surface area contributed by atoms with Gasteiger partial charge in [-0.3, -0.25) is 0 Å². The van der Waals surface area contributed by atoms with Gasteiger partial charge in [0.05, 0.1) is 0 Å². The van der Waals surface area contributed by atoms with Crippen LogP contribution in [0.1, 0.15) is 23.6 Å². The quantitative estimate of drug-likeness (QED) is 0.887. The summed E-state index contributed by atoms with van der Waals surface area (Å²) in [5, 5.41) is 3.29. The lowest BCUT2D eigenvalue weighted by Crippen LogP contribution is -2.11. The van der Waals surface area contributed by atoms with E-state index in [1.165, 1.54) is 11.1 Å². The molecule has 0 aliphatic rings. The first-order chi connectivity index (χ1) is 9.20. The molecular weight excluding hydrogens is 236 g/mol. The van der Waals surface area contributed by atoms with Gasteiger partial charge in [0.1, 0.15) is 5.75 Å². The van der Waals surface area contributed by atoms with Crippen LogP contribution >= 0.6 is 0 Å². The minimum absolute atomic E-state index is 0.643. The van der Waals surface area contributed by atoms with Gasteiger partial charge in [0.25, 0.3) is 0 Å². The smallest absolute Gasteiger partial charge is 0.219 e. The molecule has 1 heterocycles. The highest BCUT2D eigenvalue weighted by Crippen LogP contribution is 2.25. The second-order valence-electron chi connectivity index (χ2n) is 4.58. The van der Waals surface area contributed by atoms with Gasteiger partial charge in [-0.1, -0.05) is 19.1 Å². The first-order valence-corrected chi connectivity index (χ1v) is 6.60. The van der Waals surface area contributed by atoms with E-state index in [4.69, 9.17) is 4.74 Å². The first-order valence-electron chi connectivity index (χ1n) is 6.60. The van der Waals surface area contributed by atoms with Gasteiger partial charge in [0.2, 0.25) is 5.88 Å². The average Bonchev–Trinajstić information content (AvgIpc) is 2.42. The monoisotopic (exact) mass is 256 g/mol. The van der Waals surface area contributed by atoms with Crippen molar-refractivity contribution in [3.8, 4) is 11.6 Å². The van der Waals surface area contributed by atoms with Crippen LogP contribution in [0.4, 0.5) is 0 Å². The van der Waals surface area contributed by atoms with Crippen LogP contribution in [0.15, 0.2) is 36.5 Å². The highest BCUT2D eigenvalue weighted by molar-refractivity contribution is 5.40. The molecule has 0 saturated heterocycles. The zero-order valence-electron chi connectivity index (χ0n) is 11.7. The minimum Gasteiger partial charge on any atom is -0.439 e. The molecule has 0 aliphatic carbocycles. The number of nitrogens with zero attached hydrogens (tertiary/aromatic N) is 1. The molecular formula is C16H20N2O. The molecule has 0 saturated carbocycles. The van der Waals surface area contributed by atoms with E-state index in [1.807, 2.05) is 24.3 Å². The third kappa shape index (κ3) is 3.55. The fraction of sp³-hybridized carbons (Fsp3) is 0.312. The van der Waals surface area contributed by atoms with E-state index in [0.717, 1.165) is 24.4 Å². The molecule has 2 rings (SSSR count). The Morgan fingerprint density at radius 2 is 2.05 bits per heavy atom. The van der Waals surface area contributed by atoms with Crippen molar-refractivity contribution < 1.29 is 4.74 Å². The van der Waals surface area contributed by atoms with E-state index < -0.39 is 0 Å². The van der Waals surface area contributed by atoms with Crippen molar-refractivity contribution in [1.29, 1.82) is 0 Å².